The van der Waals surface area contributed by atoms with Gasteiger partial charge < -0.3 is 9.31 Å². The van der Waals surface area contributed by atoms with E-state index in [1.807, 2.05) is 34.6 Å². The Kier molecular flexibility index (Phi) is 6.01. The minimum atomic E-state index is -0.679. The molecule has 30 heavy (non-hydrogen) atoms. The summed E-state index contributed by atoms with van der Waals surface area (Å²) in [4.78, 5) is 0. The summed E-state index contributed by atoms with van der Waals surface area (Å²) in [5.74, 6) is 1.39. The predicted molar refractivity (Wildman–Crippen MR) is 119 cm³/mol. The normalized spacial score (nSPS) is 11.8. The molecular formula is C21H33BN6O2. The fourth-order valence-corrected chi connectivity index (χ4v) is 4.09. The first kappa shape index (κ1) is 22.0. The third-order valence-corrected chi connectivity index (χ3v) is 5.59. The van der Waals surface area contributed by atoms with Crippen LogP contribution in [0.3, 0.4) is 0 Å². The van der Waals surface area contributed by atoms with Gasteiger partial charge in [0.05, 0.1) is 39.5 Å². The Bertz CT molecular complexity index is 946. The van der Waals surface area contributed by atoms with Crippen LogP contribution in [0.4, 0.5) is 0 Å². The van der Waals surface area contributed by atoms with Gasteiger partial charge in [0, 0.05) is 5.69 Å². The molecule has 0 aromatic carbocycles. The molecule has 0 aliphatic carbocycles. The number of H-pyrrole nitrogens is 2. The molecule has 0 unspecified atom stereocenters. The second-order valence-corrected chi connectivity index (χ2v) is 8.65. The molecule has 2 N–H and O–H groups in total. The summed E-state index contributed by atoms with van der Waals surface area (Å²) in [6.07, 6.45) is 2.11. The summed E-state index contributed by atoms with van der Waals surface area (Å²) >= 11 is 0. The van der Waals surface area contributed by atoms with Gasteiger partial charge in [-0.1, -0.05) is 13.3 Å². The van der Waals surface area contributed by atoms with Crippen molar-refractivity contribution in [1.82, 2.24) is 30.2 Å². The molecule has 0 bridgehead atoms. The zero-order chi connectivity index (χ0) is 22.2. The Morgan fingerprint density at radius 2 is 1.37 bits per heavy atom. The van der Waals surface area contributed by atoms with E-state index in [2.05, 4.69) is 52.8 Å². The average molecular weight is 412 g/mol. The Morgan fingerprint density at radius 1 is 0.867 bits per heavy atom. The molecule has 0 aliphatic rings. The van der Waals surface area contributed by atoms with Gasteiger partial charge in [-0.25, -0.2) is 0 Å². The molecule has 0 aliphatic heterocycles. The van der Waals surface area contributed by atoms with Crippen LogP contribution in [0, 0.1) is 41.5 Å². The van der Waals surface area contributed by atoms with E-state index >= 15 is 0 Å². The minimum absolute atomic E-state index is 0.102. The Morgan fingerprint density at radius 3 is 1.77 bits per heavy atom. The molecule has 0 amide bonds. The summed E-state index contributed by atoms with van der Waals surface area (Å²) in [7, 11) is -0.679. The van der Waals surface area contributed by atoms with Crippen molar-refractivity contribution in [2.45, 2.75) is 80.7 Å². The van der Waals surface area contributed by atoms with Crippen molar-refractivity contribution in [2.75, 3.05) is 0 Å². The van der Waals surface area contributed by atoms with Gasteiger partial charge in [0.2, 0.25) is 0 Å². The Hall–Kier alpha value is -2.71. The molecule has 3 aromatic rings. The first-order valence-corrected chi connectivity index (χ1v) is 10.5. The number of aryl methyl sites for hydroxylation is 5. The van der Waals surface area contributed by atoms with Gasteiger partial charge in [-0.2, -0.15) is 15.3 Å². The van der Waals surface area contributed by atoms with Crippen LogP contribution in [-0.4, -0.2) is 37.3 Å². The first-order chi connectivity index (χ1) is 14.1. The molecule has 0 spiro atoms. The third kappa shape index (κ3) is 3.97. The van der Waals surface area contributed by atoms with Gasteiger partial charge in [-0.3, -0.25) is 14.9 Å². The van der Waals surface area contributed by atoms with Crippen LogP contribution < -0.4 is 14.8 Å². The van der Waals surface area contributed by atoms with Gasteiger partial charge in [-0.05, 0) is 61.8 Å². The van der Waals surface area contributed by atoms with E-state index in [1.54, 1.807) is 0 Å². The standard InChI is InChI=1S/C21H33BN6O2/c1-10-11-21(8,9)28-17(7)18(12(2)27-28)22(29-19-13(3)23-24-14(19)4)30-20-15(5)25-26-16(20)6/h10-11H2,1-9H3,(H,23,24)(H,25,26). The van der Waals surface area contributed by atoms with Crippen LogP contribution in [-0.2, 0) is 5.54 Å². The molecule has 162 valence electrons. The fourth-order valence-electron chi connectivity index (χ4n) is 4.09. The van der Waals surface area contributed by atoms with Crippen molar-refractivity contribution >= 4 is 12.6 Å². The van der Waals surface area contributed by atoms with Crippen molar-refractivity contribution in [2.24, 2.45) is 0 Å². The molecule has 0 fully saturated rings. The summed E-state index contributed by atoms with van der Waals surface area (Å²) in [6.45, 7) is 18.4. The van der Waals surface area contributed by atoms with Gasteiger partial charge in [-0.15, -0.1) is 0 Å². The molecule has 3 aromatic heterocycles. The minimum Gasteiger partial charge on any atom is -0.519 e. The van der Waals surface area contributed by atoms with Crippen LogP contribution in [0.15, 0.2) is 0 Å². The topological polar surface area (TPSA) is 93.6 Å². The maximum atomic E-state index is 6.42. The van der Waals surface area contributed by atoms with Crippen LogP contribution >= 0.6 is 0 Å². The summed E-state index contributed by atoms with van der Waals surface area (Å²) < 4.78 is 14.9. The number of hydrogen-bond donors (Lipinski definition) is 2. The molecule has 3 heterocycles. The van der Waals surface area contributed by atoms with E-state index in [-0.39, 0.29) is 5.54 Å². The van der Waals surface area contributed by atoms with Gasteiger partial charge in [0.15, 0.2) is 0 Å². The van der Waals surface area contributed by atoms with Gasteiger partial charge >= 0.3 is 7.12 Å². The monoisotopic (exact) mass is 412 g/mol. The highest BCUT2D eigenvalue weighted by Crippen LogP contribution is 2.27. The molecule has 9 heteroatoms. The first-order valence-electron chi connectivity index (χ1n) is 10.5. The molecule has 0 atom stereocenters. The zero-order valence-corrected chi connectivity index (χ0v) is 19.6. The largest absolute Gasteiger partial charge is 0.636 e. The van der Waals surface area contributed by atoms with Gasteiger partial charge in [0.25, 0.3) is 0 Å². The van der Waals surface area contributed by atoms with E-state index in [0.717, 1.165) is 52.5 Å². The highest BCUT2D eigenvalue weighted by molar-refractivity contribution is 6.63. The lowest BCUT2D eigenvalue weighted by Gasteiger charge is -2.27. The van der Waals surface area contributed by atoms with E-state index in [9.17, 15) is 0 Å². The summed E-state index contributed by atoms with van der Waals surface area (Å²) in [5, 5.41) is 19.4. The molecule has 0 saturated heterocycles. The predicted octanol–water partition coefficient (Wildman–Crippen LogP) is 3.57. The lowest BCUT2D eigenvalue weighted by molar-refractivity contribution is 0.286. The highest BCUT2D eigenvalue weighted by atomic mass is 16.6. The van der Waals surface area contributed by atoms with Crippen LogP contribution in [0.5, 0.6) is 11.5 Å². The molecular weight excluding hydrogens is 379 g/mol. The molecule has 3 rings (SSSR count). The number of aromatic nitrogens is 6. The number of rotatable bonds is 8. The summed E-state index contributed by atoms with van der Waals surface area (Å²) in [6, 6.07) is 0. The van der Waals surface area contributed by atoms with Crippen molar-refractivity contribution in [3.05, 3.63) is 34.2 Å². The fraction of sp³-hybridized carbons (Fsp3) is 0.571. The van der Waals surface area contributed by atoms with Crippen LogP contribution in [0.1, 0.15) is 67.8 Å². The van der Waals surface area contributed by atoms with Crippen molar-refractivity contribution in [3.8, 4) is 11.5 Å². The SMILES string of the molecule is CCCC(C)(C)n1nc(C)c(B(Oc2c(C)n[nH]c2C)Oc2c(C)n[nH]c2C)c1C. The Labute approximate surface area is 178 Å². The van der Waals surface area contributed by atoms with Crippen molar-refractivity contribution in [1.29, 1.82) is 0 Å². The van der Waals surface area contributed by atoms with Crippen LogP contribution in [0.25, 0.3) is 0 Å². The maximum Gasteiger partial charge on any atom is 0.636 e. The zero-order valence-electron chi connectivity index (χ0n) is 19.6. The number of aromatic amines is 2. The molecule has 0 radical (unpaired) electrons. The van der Waals surface area contributed by atoms with E-state index < -0.39 is 7.12 Å². The van der Waals surface area contributed by atoms with Crippen LogP contribution in [0.2, 0.25) is 0 Å². The second-order valence-electron chi connectivity index (χ2n) is 8.65. The lowest BCUT2D eigenvalue weighted by atomic mass is 9.76. The van der Waals surface area contributed by atoms with Crippen molar-refractivity contribution in [3.63, 3.8) is 0 Å². The molecule has 0 saturated carbocycles. The van der Waals surface area contributed by atoms with Crippen molar-refractivity contribution < 1.29 is 9.31 Å². The van der Waals surface area contributed by atoms with E-state index in [0.29, 0.717) is 11.5 Å². The average Bonchev–Trinajstić information content (AvgIpc) is 3.26. The number of nitrogens with zero attached hydrogens (tertiary/aromatic N) is 4. The number of nitrogens with one attached hydrogen (secondary N) is 2. The lowest BCUT2D eigenvalue weighted by Crippen LogP contribution is -2.45. The quantitative estimate of drug-likeness (QED) is 0.552. The Balaban J connectivity index is 2.09. The highest BCUT2D eigenvalue weighted by Gasteiger charge is 2.38. The third-order valence-electron chi connectivity index (χ3n) is 5.59. The smallest absolute Gasteiger partial charge is 0.519 e. The van der Waals surface area contributed by atoms with Gasteiger partial charge in [0.1, 0.15) is 11.5 Å². The number of hydrogen-bond acceptors (Lipinski definition) is 5. The van der Waals surface area contributed by atoms with E-state index in [1.165, 1.54) is 0 Å². The summed E-state index contributed by atoms with van der Waals surface area (Å²) in [5.41, 5.74) is 6.04. The van der Waals surface area contributed by atoms with E-state index in [4.69, 9.17) is 14.4 Å². The molecule has 8 nitrogen and oxygen atoms in total. The second kappa shape index (κ2) is 8.20. The maximum absolute atomic E-state index is 6.42.